The van der Waals surface area contributed by atoms with Crippen LogP contribution >= 0.6 is 0 Å². The quantitative estimate of drug-likeness (QED) is 0.437. The van der Waals surface area contributed by atoms with E-state index in [4.69, 9.17) is 0 Å². The van der Waals surface area contributed by atoms with E-state index >= 15 is 0 Å². The maximum Gasteiger partial charge on any atom is 0.189 e. The van der Waals surface area contributed by atoms with Crippen molar-refractivity contribution in [3.8, 4) is 0 Å². The predicted octanol–water partition coefficient (Wildman–Crippen LogP) is 6.23. The van der Waals surface area contributed by atoms with Gasteiger partial charge in [0.05, 0.1) is 0 Å². The van der Waals surface area contributed by atoms with Crippen molar-refractivity contribution in [1.82, 2.24) is 0 Å². The number of allylic oxidation sites excluding steroid dienone is 2. The van der Waals surface area contributed by atoms with Crippen LogP contribution < -0.4 is 0 Å². The summed E-state index contributed by atoms with van der Waals surface area (Å²) in [5, 5.41) is 0. The molecule has 1 heteroatoms. The lowest BCUT2D eigenvalue weighted by Crippen LogP contribution is -2.07. The SMILES string of the molecule is CCC/C(C(=O)c1ccccc1)=C(\CCC)c1ccccc1C. The molecule has 0 spiro atoms. The molecule has 0 bridgehead atoms. The van der Waals surface area contributed by atoms with Gasteiger partial charge in [0.2, 0.25) is 0 Å². The third-order valence-corrected chi connectivity index (χ3v) is 4.14. The third kappa shape index (κ3) is 4.19. The molecule has 0 fully saturated rings. The van der Waals surface area contributed by atoms with Crippen LogP contribution in [0.5, 0.6) is 0 Å². The van der Waals surface area contributed by atoms with E-state index in [9.17, 15) is 4.79 Å². The summed E-state index contributed by atoms with van der Waals surface area (Å²) in [4.78, 5) is 13.1. The molecule has 2 rings (SSSR count). The molecule has 0 aliphatic heterocycles. The number of hydrogen-bond donors (Lipinski definition) is 0. The van der Waals surface area contributed by atoms with Crippen molar-refractivity contribution in [2.75, 3.05) is 0 Å². The van der Waals surface area contributed by atoms with Gasteiger partial charge in [0.15, 0.2) is 5.78 Å². The standard InChI is InChI=1S/C22H26O/c1-4-11-20(19-16-10-9-13-17(19)3)21(12-5-2)22(23)18-14-7-6-8-15-18/h6-10,13-16H,4-5,11-12H2,1-3H3/b21-20-. The average molecular weight is 306 g/mol. The van der Waals surface area contributed by atoms with E-state index in [0.29, 0.717) is 0 Å². The van der Waals surface area contributed by atoms with Crippen molar-refractivity contribution in [2.45, 2.75) is 46.5 Å². The topological polar surface area (TPSA) is 17.1 Å². The van der Waals surface area contributed by atoms with E-state index in [-0.39, 0.29) is 5.78 Å². The Bertz CT molecular complexity index is 680. The van der Waals surface area contributed by atoms with Crippen LogP contribution in [0.4, 0.5) is 0 Å². The second-order valence-electron chi connectivity index (χ2n) is 5.97. The average Bonchev–Trinajstić information content (AvgIpc) is 2.59. The largest absolute Gasteiger partial charge is 0.289 e. The maximum absolute atomic E-state index is 13.1. The number of aryl methyl sites for hydroxylation is 1. The number of rotatable bonds is 7. The molecule has 0 radical (unpaired) electrons. The molecular weight excluding hydrogens is 280 g/mol. The lowest BCUT2D eigenvalue weighted by atomic mass is 9.87. The number of hydrogen-bond acceptors (Lipinski definition) is 1. The van der Waals surface area contributed by atoms with Crippen LogP contribution in [0.1, 0.15) is 61.0 Å². The normalized spacial score (nSPS) is 12.0. The summed E-state index contributed by atoms with van der Waals surface area (Å²) in [6, 6.07) is 18.0. The first-order valence-corrected chi connectivity index (χ1v) is 8.56. The van der Waals surface area contributed by atoms with Crippen molar-refractivity contribution >= 4 is 11.4 Å². The Balaban J connectivity index is 2.58. The first-order chi connectivity index (χ1) is 11.2. The van der Waals surface area contributed by atoms with Gasteiger partial charge in [-0.1, -0.05) is 81.3 Å². The van der Waals surface area contributed by atoms with Crippen LogP contribution in [-0.2, 0) is 0 Å². The molecule has 0 N–H and O–H groups in total. The second-order valence-corrected chi connectivity index (χ2v) is 5.97. The second kappa shape index (κ2) is 8.47. The van der Waals surface area contributed by atoms with Crippen molar-refractivity contribution in [2.24, 2.45) is 0 Å². The number of carbonyl (C=O) groups is 1. The first kappa shape index (κ1) is 17.2. The van der Waals surface area contributed by atoms with Crippen molar-refractivity contribution in [3.63, 3.8) is 0 Å². The number of carbonyl (C=O) groups excluding carboxylic acids is 1. The Morgan fingerprint density at radius 3 is 2.04 bits per heavy atom. The van der Waals surface area contributed by atoms with Crippen LogP contribution in [-0.4, -0.2) is 5.78 Å². The van der Waals surface area contributed by atoms with E-state index in [1.807, 2.05) is 30.3 Å². The van der Waals surface area contributed by atoms with Crippen LogP contribution in [0.15, 0.2) is 60.2 Å². The molecule has 0 atom stereocenters. The van der Waals surface area contributed by atoms with Gasteiger partial charge in [0, 0.05) is 11.1 Å². The lowest BCUT2D eigenvalue weighted by molar-refractivity contribution is 0.103. The van der Waals surface area contributed by atoms with Crippen molar-refractivity contribution in [3.05, 3.63) is 76.9 Å². The summed E-state index contributed by atoms with van der Waals surface area (Å²) in [5.41, 5.74) is 5.46. The van der Waals surface area contributed by atoms with Gasteiger partial charge in [-0.25, -0.2) is 0 Å². The monoisotopic (exact) mass is 306 g/mol. The zero-order chi connectivity index (χ0) is 16.7. The van der Waals surface area contributed by atoms with E-state index in [1.54, 1.807) is 0 Å². The van der Waals surface area contributed by atoms with Crippen LogP contribution in [0, 0.1) is 6.92 Å². The zero-order valence-corrected chi connectivity index (χ0v) is 14.4. The minimum Gasteiger partial charge on any atom is -0.289 e. The van der Waals surface area contributed by atoms with E-state index < -0.39 is 0 Å². The molecule has 0 aromatic heterocycles. The van der Waals surface area contributed by atoms with Gasteiger partial charge in [0.25, 0.3) is 0 Å². The van der Waals surface area contributed by atoms with Gasteiger partial charge in [-0.05, 0) is 36.5 Å². The summed E-state index contributed by atoms with van der Waals surface area (Å²) in [5.74, 6) is 0.180. The summed E-state index contributed by atoms with van der Waals surface area (Å²) >= 11 is 0. The highest BCUT2D eigenvalue weighted by Crippen LogP contribution is 2.30. The lowest BCUT2D eigenvalue weighted by Gasteiger charge is -2.16. The van der Waals surface area contributed by atoms with Crippen LogP contribution in [0.25, 0.3) is 5.57 Å². The Hall–Kier alpha value is -2.15. The summed E-state index contributed by atoms with van der Waals surface area (Å²) in [6.07, 6.45) is 3.79. The molecule has 0 aliphatic rings. The highest BCUT2D eigenvalue weighted by Gasteiger charge is 2.18. The number of ketones is 1. The molecule has 0 heterocycles. The van der Waals surface area contributed by atoms with Crippen molar-refractivity contribution in [1.29, 1.82) is 0 Å². The smallest absolute Gasteiger partial charge is 0.189 e. The van der Waals surface area contributed by atoms with E-state index in [1.165, 1.54) is 16.7 Å². The Kier molecular flexibility index (Phi) is 6.34. The minimum absolute atomic E-state index is 0.180. The van der Waals surface area contributed by atoms with E-state index in [2.05, 4.69) is 45.0 Å². The summed E-state index contributed by atoms with van der Waals surface area (Å²) in [6.45, 7) is 6.44. The minimum atomic E-state index is 0.180. The number of Topliss-reactive ketones (excluding diaryl/α,β-unsaturated/α-hetero) is 1. The Morgan fingerprint density at radius 2 is 1.43 bits per heavy atom. The number of benzene rings is 2. The van der Waals surface area contributed by atoms with Gasteiger partial charge < -0.3 is 0 Å². The predicted molar refractivity (Wildman–Crippen MR) is 98.7 cm³/mol. The summed E-state index contributed by atoms with van der Waals surface area (Å²) < 4.78 is 0. The molecular formula is C22H26O. The van der Waals surface area contributed by atoms with Crippen LogP contribution in [0.3, 0.4) is 0 Å². The van der Waals surface area contributed by atoms with E-state index in [0.717, 1.165) is 36.8 Å². The van der Waals surface area contributed by atoms with Gasteiger partial charge >= 0.3 is 0 Å². The highest BCUT2D eigenvalue weighted by molar-refractivity contribution is 6.13. The molecule has 23 heavy (non-hydrogen) atoms. The molecule has 2 aromatic rings. The van der Waals surface area contributed by atoms with Gasteiger partial charge in [-0.3, -0.25) is 4.79 Å². The fraction of sp³-hybridized carbons (Fsp3) is 0.318. The molecule has 0 aliphatic carbocycles. The molecule has 1 nitrogen and oxygen atoms in total. The van der Waals surface area contributed by atoms with Gasteiger partial charge in [0.1, 0.15) is 0 Å². The fourth-order valence-electron chi connectivity index (χ4n) is 3.02. The fourth-order valence-corrected chi connectivity index (χ4v) is 3.02. The maximum atomic E-state index is 13.1. The Labute approximate surface area is 140 Å². The molecule has 0 unspecified atom stereocenters. The summed E-state index contributed by atoms with van der Waals surface area (Å²) in [7, 11) is 0. The Morgan fingerprint density at radius 1 is 0.826 bits per heavy atom. The first-order valence-electron chi connectivity index (χ1n) is 8.56. The third-order valence-electron chi connectivity index (χ3n) is 4.14. The molecule has 120 valence electrons. The van der Waals surface area contributed by atoms with Gasteiger partial charge in [-0.15, -0.1) is 0 Å². The highest BCUT2D eigenvalue weighted by atomic mass is 16.1. The van der Waals surface area contributed by atoms with Crippen molar-refractivity contribution < 1.29 is 4.79 Å². The van der Waals surface area contributed by atoms with Gasteiger partial charge in [-0.2, -0.15) is 0 Å². The zero-order valence-electron chi connectivity index (χ0n) is 14.4. The molecule has 0 amide bonds. The molecule has 0 saturated carbocycles. The molecule has 0 saturated heterocycles. The molecule has 2 aromatic carbocycles. The van der Waals surface area contributed by atoms with Crippen LogP contribution in [0.2, 0.25) is 0 Å².